The fourth-order valence-corrected chi connectivity index (χ4v) is 3.08. The Labute approximate surface area is 117 Å². The van der Waals surface area contributed by atoms with Crippen LogP contribution in [0.25, 0.3) is 0 Å². The lowest BCUT2D eigenvalue weighted by Crippen LogP contribution is -2.40. The molecule has 0 saturated carbocycles. The molecule has 0 aromatic heterocycles. The van der Waals surface area contributed by atoms with Crippen molar-refractivity contribution < 1.29 is 0 Å². The Morgan fingerprint density at radius 3 is 2.79 bits per heavy atom. The highest BCUT2D eigenvalue weighted by Gasteiger charge is 2.20. The van der Waals surface area contributed by atoms with E-state index in [-0.39, 0.29) is 0 Å². The van der Waals surface area contributed by atoms with E-state index in [4.69, 9.17) is 0 Å². The number of fused-ring (bicyclic) bond motifs is 1. The lowest BCUT2D eigenvalue weighted by Gasteiger charge is -2.35. The van der Waals surface area contributed by atoms with Crippen LogP contribution in [0.15, 0.2) is 18.2 Å². The third-order valence-corrected chi connectivity index (χ3v) is 3.86. The third-order valence-electron chi connectivity index (χ3n) is 3.86. The van der Waals surface area contributed by atoms with Crippen LogP contribution in [0.2, 0.25) is 0 Å². The molecule has 3 heteroatoms. The summed E-state index contributed by atoms with van der Waals surface area (Å²) in [6.07, 6.45) is 2.45. The molecule has 0 spiro atoms. The predicted octanol–water partition coefficient (Wildman–Crippen LogP) is 2.82. The van der Waals surface area contributed by atoms with Gasteiger partial charge in [-0.1, -0.05) is 12.1 Å². The van der Waals surface area contributed by atoms with Gasteiger partial charge in [0.1, 0.15) is 0 Å². The van der Waals surface area contributed by atoms with Crippen molar-refractivity contribution in [3.63, 3.8) is 0 Å². The summed E-state index contributed by atoms with van der Waals surface area (Å²) in [5.41, 5.74) is 4.20. The van der Waals surface area contributed by atoms with Gasteiger partial charge in [-0.15, -0.1) is 0 Å². The summed E-state index contributed by atoms with van der Waals surface area (Å²) in [4.78, 5) is 4.77. The zero-order valence-electron chi connectivity index (χ0n) is 12.7. The summed E-state index contributed by atoms with van der Waals surface area (Å²) in [5.74, 6) is 0. The monoisotopic (exact) mass is 261 g/mol. The molecule has 0 aliphatic carbocycles. The van der Waals surface area contributed by atoms with Crippen molar-refractivity contribution in [2.75, 3.05) is 43.9 Å². The molecular weight excluding hydrogens is 234 g/mol. The third kappa shape index (κ3) is 3.21. The summed E-state index contributed by atoms with van der Waals surface area (Å²) in [6, 6.07) is 7.24. The standard InChI is InChI=1S/C16H27N3/c1-5-19(13(2)12-18(3)4)15-10-6-8-14-9-7-11-17-16(14)15/h6,8,10,13,17H,5,7,9,11-12H2,1-4H3. The van der Waals surface area contributed by atoms with Crippen LogP contribution in [-0.4, -0.2) is 44.7 Å². The molecule has 1 atom stereocenters. The second kappa shape index (κ2) is 6.29. The highest BCUT2D eigenvalue weighted by molar-refractivity contribution is 5.74. The molecule has 0 saturated heterocycles. The Balaban J connectivity index is 2.27. The molecule has 19 heavy (non-hydrogen) atoms. The topological polar surface area (TPSA) is 18.5 Å². The molecule has 0 fully saturated rings. The zero-order valence-corrected chi connectivity index (χ0v) is 12.7. The summed E-state index contributed by atoms with van der Waals surface area (Å²) in [7, 11) is 4.28. The van der Waals surface area contributed by atoms with Crippen LogP contribution in [-0.2, 0) is 6.42 Å². The van der Waals surface area contributed by atoms with Crippen LogP contribution in [0.1, 0.15) is 25.8 Å². The summed E-state index contributed by atoms with van der Waals surface area (Å²) < 4.78 is 0. The van der Waals surface area contributed by atoms with Gasteiger partial charge in [0, 0.05) is 25.7 Å². The van der Waals surface area contributed by atoms with E-state index in [2.05, 4.69) is 61.3 Å². The molecule has 2 rings (SSSR count). The first-order valence-electron chi connectivity index (χ1n) is 7.40. The van der Waals surface area contributed by atoms with E-state index in [0.717, 1.165) is 19.6 Å². The molecule has 1 aliphatic heterocycles. The van der Waals surface area contributed by atoms with Crippen LogP contribution in [0.5, 0.6) is 0 Å². The number of hydrogen-bond donors (Lipinski definition) is 1. The number of nitrogens with one attached hydrogen (secondary N) is 1. The van der Waals surface area contributed by atoms with Gasteiger partial charge in [-0.25, -0.2) is 0 Å². The van der Waals surface area contributed by atoms with Crippen molar-refractivity contribution >= 4 is 11.4 Å². The van der Waals surface area contributed by atoms with E-state index in [1.807, 2.05) is 0 Å². The molecule has 106 valence electrons. The van der Waals surface area contributed by atoms with Gasteiger partial charge in [0.25, 0.3) is 0 Å². The fraction of sp³-hybridized carbons (Fsp3) is 0.625. The van der Waals surface area contributed by atoms with Gasteiger partial charge in [-0.2, -0.15) is 0 Å². The molecule has 1 aliphatic rings. The minimum atomic E-state index is 0.523. The second-order valence-corrected chi connectivity index (χ2v) is 5.74. The first kappa shape index (κ1) is 14.2. The summed E-state index contributed by atoms with van der Waals surface area (Å²) >= 11 is 0. The lowest BCUT2D eigenvalue weighted by molar-refractivity contribution is 0.373. The first-order valence-corrected chi connectivity index (χ1v) is 7.40. The molecule has 1 N–H and O–H groups in total. The van der Waals surface area contributed by atoms with Crippen molar-refractivity contribution in [1.82, 2.24) is 4.90 Å². The Morgan fingerprint density at radius 1 is 1.32 bits per heavy atom. The molecule has 0 amide bonds. The van der Waals surface area contributed by atoms with E-state index in [1.54, 1.807) is 0 Å². The molecule has 3 nitrogen and oxygen atoms in total. The number of rotatable bonds is 5. The Bertz CT molecular complexity index is 414. The molecule has 0 bridgehead atoms. The predicted molar refractivity (Wildman–Crippen MR) is 84.3 cm³/mol. The molecule has 0 radical (unpaired) electrons. The first-order chi connectivity index (χ1) is 9.13. The fourth-order valence-electron chi connectivity index (χ4n) is 3.08. The van der Waals surface area contributed by atoms with Gasteiger partial charge in [0.15, 0.2) is 0 Å². The van der Waals surface area contributed by atoms with E-state index < -0.39 is 0 Å². The SMILES string of the molecule is CCN(c1cccc2c1NCCC2)C(C)CN(C)C. The summed E-state index contributed by atoms with van der Waals surface area (Å²) in [6.45, 7) is 7.79. The van der Waals surface area contributed by atoms with Crippen molar-refractivity contribution in [2.24, 2.45) is 0 Å². The number of benzene rings is 1. The largest absolute Gasteiger partial charge is 0.383 e. The van der Waals surface area contributed by atoms with Crippen LogP contribution in [0, 0.1) is 0 Å². The molecule has 1 heterocycles. The van der Waals surface area contributed by atoms with Crippen LogP contribution in [0.4, 0.5) is 11.4 Å². The van der Waals surface area contributed by atoms with Crippen molar-refractivity contribution in [3.8, 4) is 0 Å². The van der Waals surface area contributed by atoms with E-state index in [0.29, 0.717) is 6.04 Å². The maximum Gasteiger partial charge on any atom is 0.0610 e. The maximum absolute atomic E-state index is 3.60. The molecule has 1 aromatic rings. The van der Waals surface area contributed by atoms with Gasteiger partial charge in [0.2, 0.25) is 0 Å². The number of para-hydroxylation sites is 1. The summed E-state index contributed by atoms with van der Waals surface area (Å²) in [5, 5.41) is 3.60. The Kier molecular flexibility index (Phi) is 4.70. The molecular formula is C16H27N3. The molecule has 1 unspecified atom stereocenters. The van der Waals surface area contributed by atoms with Gasteiger partial charge in [0.05, 0.1) is 11.4 Å². The number of anilines is 2. The van der Waals surface area contributed by atoms with Crippen molar-refractivity contribution in [2.45, 2.75) is 32.7 Å². The minimum absolute atomic E-state index is 0.523. The highest BCUT2D eigenvalue weighted by Crippen LogP contribution is 2.33. The Morgan fingerprint density at radius 2 is 2.11 bits per heavy atom. The maximum atomic E-state index is 3.60. The normalized spacial score (nSPS) is 15.8. The van der Waals surface area contributed by atoms with Crippen LogP contribution in [0.3, 0.4) is 0 Å². The van der Waals surface area contributed by atoms with E-state index in [1.165, 1.54) is 29.8 Å². The van der Waals surface area contributed by atoms with Crippen molar-refractivity contribution in [3.05, 3.63) is 23.8 Å². The average molecular weight is 261 g/mol. The quantitative estimate of drug-likeness (QED) is 0.879. The van der Waals surface area contributed by atoms with Crippen LogP contribution < -0.4 is 10.2 Å². The van der Waals surface area contributed by atoms with Gasteiger partial charge < -0.3 is 15.1 Å². The van der Waals surface area contributed by atoms with Gasteiger partial charge in [-0.05, 0) is 52.4 Å². The number of hydrogen-bond acceptors (Lipinski definition) is 3. The average Bonchev–Trinajstić information content (AvgIpc) is 2.39. The van der Waals surface area contributed by atoms with E-state index >= 15 is 0 Å². The number of aryl methyl sites for hydroxylation is 1. The zero-order chi connectivity index (χ0) is 13.8. The van der Waals surface area contributed by atoms with E-state index in [9.17, 15) is 0 Å². The van der Waals surface area contributed by atoms with Gasteiger partial charge in [-0.3, -0.25) is 0 Å². The molecule has 1 aromatic carbocycles. The highest BCUT2D eigenvalue weighted by atomic mass is 15.2. The van der Waals surface area contributed by atoms with Crippen LogP contribution >= 0.6 is 0 Å². The van der Waals surface area contributed by atoms with Gasteiger partial charge >= 0.3 is 0 Å². The lowest BCUT2D eigenvalue weighted by atomic mass is 10.0. The smallest absolute Gasteiger partial charge is 0.0610 e. The Hall–Kier alpha value is -1.22. The minimum Gasteiger partial charge on any atom is -0.383 e. The second-order valence-electron chi connectivity index (χ2n) is 5.74. The number of nitrogens with zero attached hydrogens (tertiary/aromatic N) is 2. The number of likely N-dealkylation sites (N-methyl/N-ethyl adjacent to an activating group) is 2. The van der Waals surface area contributed by atoms with Crippen molar-refractivity contribution in [1.29, 1.82) is 0 Å².